The van der Waals surface area contributed by atoms with Gasteiger partial charge in [-0.05, 0) is 24.3 Å². The number of carbonyl (C=O) groups is 1. The molecular formula is C17H16N4O2. The molecule has 0 saturated carbocycles. The summed E-state index contributed by atoms with van der Waals surface area (Å²) in [5, 5.41) is 8.80. The lowest BCUT2D eigenvalue weighted by molar-refractivity contribution is 0.0587. The molecule has 0 aliphatic carbocycles. The summed E-state index contributed by atoms with van der Waals surface area (Å²) in [5.41, 5.74) is 1.16. The minimum Gasteiger partial charge on any atom is -0.474 e. The van der Waals surface area contributed by atoms with Crippen molar-refractivity contribution in [3.8, 4) is 11.9 Å². The minimum atomic E-state index is -0.00465. The van der Waals surface area contributed by atoms with Crippen LogP contribution >= 0.6 is 0 Å². The maximum absolute atomic E-state index is 12.4. The number of nitrogens with zero attached hydrogens (tertiary/aromatic N) is 4. The van der Waals surface area contributed by atoms with Crippen molar-refractivity contribution in [1.82, 2.24) is 14.9 Å². The molecule has 6 nitrogen and oxygen atoms in total. The monoisotopic (exact) mass is 308 g/mol. The second-order valence-electron chi connectivity index (χ2n) is 5.35. The van der Waals surface area contributed by atoms with Gasteiger partial charge in [0.15, 0.2) is 0 Å². The van der Waals surface area contributed by atoms with Crippen LogP contribution in [0.3, 0.4) is 0 Å². The Kier molecular flexibility index (Phi) is 4.48. The van der Waals surface area contributed by atoms with Gasteiger partial charge in [-0.1, -0.05) is 0 Å². The Labute approximate surface area is 134 Å². The van der Waals surface area contributed by atoms with Crippen LogP contribution in [0.2, 0.25) is 0 Å². The molecule has 6 heteroatoms. The molecule has 0 unspecified atom stereocenters. The van der Waals surface area contributed by atoms with Crippen molar-refractivity contribution >= 4 is 5.91 Å². The average molecular weight is 308 g/mol. The quantitative estimate of drug-likeness (QED) is 0.867. The zero-order valence-electron chi connectivity index (χ0n) is 12.6. The maximum Gasteiger partial charge on any atom is 0.253 e. The number of hydrogen-bond donors (Lipinski definition) is 0. The molecule has 1 aromatic heterocycles. The van der Waals surface area contributed by atoms with Gasteiger partial charge >= 0.3 is 0 Å². The molecule has 2 aromatic rings. The normalized spacial score (nSPS) is 15.0. The van der Waals surface area contributed by atoms with E-state index < -0.39 is 0 Å². The molecule has 1 fully saturated rings. The highest BCUT2D eigenvalue weighted by Gasteiger charge is 2.24. The van der Waals surface area contributed by atoms with Gasteiger partial charge in [0.25, 0.3) is 5.91 Å². The van der Waals surface area contributed by atoms with Crippen molar-refractivity contribution in [3.63, 3.8) is 0 Å². The second kappa shape index (κ2) is 6.88. The molecule has 0 bridgehead atoms. The van der Waals surface area contributed by atoms with Gasteiger partial charge in [0.1, 0.15) is 12.4 Å². The maximum atomic E-state index is 12.4. The fourth-order valence-electron chi connectivity index (χ4n) is 2.57. The SMILES string of the molecule is N#Cc1ccc(C(=O)N2CCC(Oc3ccncn3)CC2)cc1. The molecule has 0 atom stereocenters. The topological polar surface area (TPSA) is 79.1 Å². The van der Waals surface area contributed by atoms with Crippen LogP contribution in [0.5, 0.6) is 5.88 Å². The smallest absolute Gasteiger partial charge is 0.253 e. The number of hydrogen-bond acceptors (Lipinski definition) is 5. The van der Waals surface area contributed by atoms with Crippen LogP contribution < -0.4 is 4.74 Å². The van der Waals surface area contributed by atoms with E-state index in [0.29, 0.717) is 30.1 Å². The molecule has 1 aliphatic rings. The summed E-state index contributed by atoms with van der Waals surface area (Å²) in [6.45, 7) is 1.29. The summed E-state index contributed by atoms with van der Waals surface area (Å²) >= 11 is 0. The van der Waals surface area contributed by atoms with Crippen molar-refractivity contribution in [1.29, 1.82) is 5.26 Å². The number of likely N-dealkylation sites (tertiary alicyclic amines) is 1. The first kappa shape index (κ1) is 15.0. The number of ether oxygens (including phenoxy) is 1. The zero-order chi connectivity index (χ0) is 16.1. The zero-order valence-corrected chi connectivity index (χ0v) is 12.6. The van der Waals surface area contributed by atoms with Gasteiger partial charge in [0, 0.05) is 43.8 Å². The van der Waals surface area contributed by atoms with E-state index in [4.69, 9.17) is 10.00 Å². The van der Waals surface area contributed by atoms with E-state index in [-0.39, 0.29) is 12.0 Å². The highest BCUT2D eigenvalue weighted by molar-refractivity contribution is 5.94. The van der Waals surface area contributed by atoms with Crippen LogP contribution in [0.15, 0.2) is 42.9 Å². The van der Waals surface area contributed by atoms with Gasteiger partial charge in [0.05, 0.1) is 11.6 Å². The van der Waals surface area contributed by atoms with Crippen LogP contribution in [0, 0.1) is 11.3 Å². The van der Waals surface area contributed by atoms with E-state index in [9.17, 15) is 4.79 Å². The van der Waals surface area contributed by atoms with E-state index in [1.807, 2.05) is 11.0 Å². The largest absolute Gasteiger partial charge is 0.474 e. The van der Waals surface area contributed by atoms with E-state index in [1.165, 1.54) is 6.33 Å². The molecule has 0 radical (unpaired) electrons. The fourth-order valence-corrected chi connectivity index (χ4v) is 2.57. The van der Waals surface area contributed by atoms with Crippen molar-refractivity contribution in [2.45, 2.75) is 18.9 Å². The number of piperidine rings is 1. The number of benzene rings is 1. The Balaban J connectivity index is 1.56. The van der Waals surface area contributed by atoms with Crippen LogP contribution in [-0.2, 0) is 0 Å². The van der Waals surface area contributed by atoms with Crippen molar-refractivity contribution in [2.75, 3.05) is 13.1 Å². The highest BCUT2D eigenvalue weighted by Crippen LogP contribution is 2.18. The van der Waals surface area contributed by atoms with Gasteiger partial charge < -0.3 is 9.64 Å². The number of amides is 1. The molecule has 1 aromatic carbocycles. The minimum absolute atomic E-state index is 0.00465. The van der Waals surface area contributed by atoms with Crippen LogP contribution in [-0.4, -0.2) is 40.0 Å². The van der Waals surface area contributed by atoms with Crippen LogP contribution in [0.25, 0.3) is 0 Å². The van der Waals surface area contributed by atoms with Crippen LogP contribution in [0.1, 0.15) is 28.8 Å². The van der Waals surface area contributed by atoms with Crippen molar-refractivity contribution < 1.29 is 9.53 Å². The van der Waals surface area contributed by atoms with Gasteiger partial charge in [-0.2, -0.15) is 5.26 Å². The van der Waals surface area contributed by atoms with E-state index >= 15 is 0 Å². The number of carbonyl (C=O) groups excluding carboxylic acids is 1. The highest BCUT2D eigenvalue weighted by atomic mass is 16.5. The molecular weight excluding hydrogens is 292 g/mol. The first-order valence-electron chi connectivity index (χ1n) is 7.48. The third kappa shape index (κ3) is 3.64. The van der Waals surface area contributed by atoms with Crippen molar-refractivity contribution in [2.24, 2.45) is 0 Å². The summed E-state index contributed by atoms with van der Waals surface area (Å²) in [7, 11) is 0. The van der Waals surface area contributed by atoms with Crippen molar-refractivity contribution in [3.05, 3.63) is 54.0 Å². The van der Waals surface area contributed by atoms with E-state index in [0.717, 1.165) is 12.8 Å². The molecule has 1 aliphatic heterocycles. The first-order chi connectivity index (χ1) is 11.3. The third-order valence-electron chi connectivity index (χ3n) is 3.83. The van der Waals surface area contributed by atoms with Gasteiger partial charge in [0.2, 0.25) is 5.88 Å². The second-order valence-corrected chi connectivity index (χ2v) is 5.35. The van der Waals surface area contributed by atoms with E-state index in [1.54, 1.807) is 36.5 Å². The summed E-state index contributed by atoms with van der Waals surface area (Å²) in [6.07, 6.45) is 4.71. The lowest BCUT2D eigenvalue weighted by Crippen LogP contribution is -2.41. The number of rotatable bonds is 3. The first-order valence-corrected chi connectivity index (χ1v) is 7.48. The van der Waals surface area contributed by atoms with Crippen LogP contribution in [0.4, 0.5) is 0 Å². The number of aromatic nitrogens is 2. The average Bonchev–Trinajstić information content (AvgIpc) is 2.63. The lowest BCUT2D eigenvalue weighted by atomic mass is 10.1. The molecule has 1 saturated heterocycles. The van der Waals surface area contributed by atoms with Gasteiger partial charge in [-0.3, -0.25) is 4.79 Å². The number of nitriles is 1. The van der Waals surface area contributed by atoms with Gasteiger partial charge in [-0.25, -0.2) is 9.97 Å². The molecule has 116 valence electrons. The summed E-state index contributed by atoms with van der Waals surface area (Å²) in [5.74, 6) is 0.562. The standard InChI is InChI=1S/C17H16N4O2/c18-11-13-1-3-14(4-2-13)17(22)21-9-6-15(7-10-21)23-16-5-8-19-12-20-16/h1-5,8,12,15H,6-7,9-10H2. The Bertz CT molecular complexity index is 702. The Morgan fingerprint density at radius 3 is 2.57 bits per heavy atom. The Morgan fingerprint density at radius 2 is 1.96 bits per heavy atom. The lowest BCUT2D eigenvalue weighted by Gasteiger charge is -2.32. The molecule has 0 N–H and O–H groups in total. The Morgan fingerprint density at radius 1 is 1.22 bits per heavy atom. The predicted octanol–water partition coefficient (Wildman–Crippen LogP) is 2.03. The van der Waals surface area contributed by atoms with E-state index in [2.05, 4.69) is 9.97 Å². The van der Waals surface area contributed by atoms with Gasteiger partial charge in [-0.15, -0.1) is 0 Å². The Hall–Kier alpha value is -2.94. The molecule has 1 amide bonds. The summed E-state index contributed by atoms with van der Waals surface area (Å²) in [4.78, 5) is 22.2. The third-order valence-corrected chi connectivity index (χ3v) is 3.83. The fraction of sp³-hybridized carbons (Fsp3) is 0.294. The molecule has 23 heavy (non-hydrogen) atoms. The summed E-state index contributed by atoms with van der Waals surface area (Å²) < 4.78 is 5.79. The molecule has 2 heterocycles. The summed E-state index contributed by atoms with van der Waals surface area (Å²) in [6, 6.07) is 10.5. The predicted molar refractivity (Wildman–Crippen MR) is 82.7 cm³/mol. The molecule has 3 rings (SSSR count). The molecule has 0 spiro atoms.